The summed E-state index contributed by atoms with van der Waals surface area (Å²) in [6.45, 7) is 2.26. The number of benzene rings is 1. The van der Waals surface area contributed by atoms with Crippen LogP contribution < -0.4 is 24.8 Å². The zero-order valence-electron chi connectivity index (χ0n) is 10.2. The second-order valence-corrected chi connectivity index (χ2v) is 6.74. The molecule has 0 heterocycles. The van der Waals surface area contributed by atoms with Crippen molar-refractivity contribution in [3.8, 4) is 0 Å². The summed E-state index contributed by atoms with van der Waals surface area (Å²) in [4.78, 5) is 0. The molecule has 0 saturated heterocycles. The quantitative estimate of drug-likeness (QED) is 0.559. The Bertz CT molecular complexity index is 515. The van der Waals surface area contributed by atoms with Gasteiger partial charge >= 0.3 is 106 Å². The SMILES string of the molecule is CC1=[C]([Ti+2][CH]2C=Cc3ccccc32)CC=C1.[Cl-].[Cl-]. The first kappa shape index (κ1) is 15.8. The molecule has 0 saturated carbocycles. The van der Waals surface area contributed by atoms with Gasteiger partial charge in [-0.15, -0.1) is 0 Å². The van der Waals surface area contributed by atoms with Crippen LogP contribution >= 0.6 is 0 Å². The van der Waals surface area contributed by atoms with Crippen molar-refractivity contribution in [3.05, 3.63) is 63.1 Å². The molecule has 18 heavy (non-hydrogen) atoms. The first-order valence-electron chi connectivity index (χ1n) is 5.74. The summed E-state index contributed by atoms with van der Waals surface area (Å²) in [5.74, 6) is 0. The minimum atomic E-state index is -0.0268. The van der Waals surface area contributed by atoms with E-state index in [1.807, 2.05) is 0 Å². The molecule has 3 rings (SSSR count). The number of allylic oxidation sites excluding steroid dienone is 5. The van der Waals surface area contributed by atoms with Crippen LogP contribution in [0.5, 0.6) is 0 Å². The third-order valence-corrected chi connectivity index (χ3v) is 6.05. The van der Waals surface area contributed by atoms with Crippen LogP contribution in [0.1, 0.15) is 28.7 Å². The molecule has 1 atom stereocenters. The maximum Gasteiger partial charge on any atom is -1.00 e. The Kier molecular flexibility index (Phi) is 5.94. The minimum absolute atomic E-state index is 0. The molecule has 0 amide bonds. The Morgan fingerprint density at radius 2 is 1.89 bits per heavy atom. The number of hydrogen-bond acceptors (Lipinski definition) is 0. The van der Waals surface area contributed by atoms with Crippen molar-refractivity contribution in [3.63, 3.8) is 0 Å². The molecule has 0 N–H and O–H groups in total. The summed E-state index contributed by atoms with van der Waals surface area (Å²) in [5, 5.41) is 0. The van der Waals surface area contributed by atoms with Crippen LogP contribution in [0.2, 0.25) is 0 Å². The Labute approximate surface area is 130 Å². The van der Waals surface area contributed by atoms with E-state index >= 15 is 0 Å². The molecule has 2 aliphatic carbocycles. The normalized spacial score (nSPS) is 19.1. The average molecular weight is 313 g/mol. The van der Waals surface area contributed by atoms with Crippen molar-refractivity contribution in [2.24, 2.45) is 0 Å². The molecule has 1 aromatic rings. The van der Waals surface area contributed by atoms with Crippen molar-refractivity contribution in [2.45, 2.75) is 17.6 Å². The van der Waals surface area contributed by atoms with Gasteiger partial charge < -0.3 is 24.8 Å². The van der Waals surface area contributed by atoms with E-state index < -0.39 is 0 Å². The van der Waals surface area contributed by atoms with Gasteiger partial charge in [0.15, 0.2) is 0 Å². The minimum Gasteiger partial charge on any atom is -1.00 e. The molecule has 1 unspecified atom stereocenters. The zero-order valence-corrected chi connectivity index (χ0v) is 13.2. The largest absolute Gasteiger partial charge is 1.00 e. The second-order valence-electron chi connectivity index (χ2n) is 4.38. The predicted octanol–water partition coefficient (Wildman–Crippen LogP) is -1.92. The molecule has 0 spiro atoms. The predicted molar refractivity (Wildman–Crippen MR) is 64.7 cm³/mol. The fourth-order valence-corrected chi connectivity index (χ4v) is 4.74. The molecule has 1 aromatic carbocycles. The van der Waals surface area contributed by atoms with Gasteiger partial charge in [-0.3, -0.25) is 0 Å². The molecule has 0 nitrogen and oxygen atoms in total. The fraction of sp³-hybridized carbons (Fsp3) is 0.200. The summed E-state index contributed by atoms with van der Waals surface area (Å²) in [5.41, 5.74) is 4.51. The monoisotopic (exact) mass is 312 g/mol. The van der Waals surface area contributed by atoms with Crippen molar-refractivity contribution >= 4 is 6.08 Å². The van der Waals surface area contributed by atoms with Gasteiger partial charge in [-0.05, 0) is 0 Å². The van der Waals surface area contributed by atoms with Crippen LogP contribution in [-0.4, -0.2) is 0 Å². The number of hydrogen-bond donors (Lipinski definition) is 0. The molecular weight excluding hydrogens is 299 g/mol. The Balaban J connectivity index is 0.000000810. The molecule has 0 aromatic heterocycles. The molecule has 0 radical (unpaired) electrons. The zero-order chi connectivity index (χ0) is 11.0. The topological polar surface area (TPSA) is 0 Å². The van der Waals surface area contributed by atoms with Gasteiger partial charge in [0, 0.05) is 0 Å². The van der Waals surface area contributed by atoms with E-state index in [2.05, 4.69) is 55.5 Å². The van der Waals surface area contributed by atoms with Gasteiger partial charge in [0.2, 0.25) is 0 Å². The molecule has 2 aliphatic rings. The standard InChI is InChI=1S/C9H7.C6H7.2ClH.Ti/c1-2-5-9-7-3-6-8(9)4-1;1-6-4-2-3-5-6;;;/h1-7H;2,4H,3H2,1H3;2*1H;/q;;;;+2/p-2. The van der Waals surface area contributed by atoms with E-state index in [1.54, 1.807) is 9.44 Å². The van der Waals surface area contributed by atoms with Crippen molar-refractivity contribution in [1.82, 2.24) is 0 Å². The maximum atomic E-state index is 2.41. The summed E-state index contributed by atoms with van der Waals surface area (Å²) in [6.07, 6.45) is 10.5. The molecule has 3 heteroatoms. The Hall–Kier alpha value is -0.266. The van der Waals surface area contributed by atoms with E-state index in [9.17, 15) is 0 Å². The summed E-state index contributed by atoms with van der Waals surface area (Å²) in [6, 6.07) is 8.82. The van der Waals surface area contributed by atoms with Crippen molar-refractivity contribution in [2.75, 3.05) is 0 Å². The summed E-state index contributed by atoms with van der Waals surface area (Å²) >= 11 is -0.0268. The summed E-state index contributed by atoms with van der Waals surface area (Å²) in [7, 11) is 0. The third kappa shape index (κ3) is 3.00. The van der Waals surface area contributed by atoms with E-state index in [4.69, 9.17) is 0 Å². The molecule has 0 fully saturated rings. The van der Waals surface area contributed by atoms with Gasteiger partial charge in [-0.25, -0.2) is 0 Å². The van der Waals surface area contributed by atoms with E-state index in [0.29, 0.717) is 0 Å². The van der Waals surface area contributed by atoms with Crippen LogP contribution in [0, 0.1) is 0 Å². The molecule has 0 aliphatic heterocycles. The maximum absolute atomic E-state index is 2.41. The van der Waals surface area contributed by atoms with E-state index in [0.717, 1.165) is 4.22 Å². The van der Waals surface area contributed by atoms with Crippen molar-refractivity contribution in [1.29, 1.82) is 0 Å². The van der Waals surface area contributed by atoms with E-state index in [-0.39, 0.29) is 44.0 Å². The first-order valence-corrected chi connectivity index (χ1v) is 7.43. The average Bonchev–Trinajstić information content (AvgIpc) is 2.88. The van der Waals surface area contributed by atoms with Gasteiger partial charge in [-0.1, -0.05) is 0 Å². The summed E-state index contributed by atoms with van der Waals surface area (Å²) < 4.78 is 2.45. The number of halogens is 2. The number of fused-ring (bicyclic) bond motifs is 1. The molecule has 92 valence electrons. The van der Waals surface area contributed by atoms with Gasteiger partial charge in [0.25, 0.3) is 0 Å². The van der Waals surface area contributed by atoms with Gasteiger partial charge in [0.05, 0.1) is 0 Å². The Morgan fingerprint density at radius 3 is 2.61 bits per heavy atom. The van der Waals surface area contributed by atoms with Crippen LogP contribution in [0.15, 0.2) is 51.9 Å². The smallest absolute Gasteiger partial charge is 1.00 e. The van der Waals surface area contributed by atoms with E-state index in [1.165, 1.54) is 17.6 Å². The molecule has 0 bridgehead atoms. The van der Waals surface area contributed by atoms with Gasteiger partial charge in [-0.2, -0.15) is 0 Å². The fourth-order valence-electron chi connectivity index (χ4n) is 2.35. The number of rotatable bonds is 2. The van der Waals surface area contributed by atoms with Gasteiger partial charge in [0.1, 0.15) is 0 Å². The Morgan fingerprint density at radius 1 is 1.11 bits per heavy atom. The third-order valence-electron chi connectivity index (χ3n) is 3.29. The van der Waals surface area contributed by atoms with Crippen LogP contribution in [-0.2, 0) is 19.2 Å². The second kappa shape index (κ2) is 6.77. The van der Waals surface area contributed by atoms with Crippen LogP contribution in [0.25, 0.3) is 6.08 Å². The van der Waals surface area contributed by atoms with Crippen molar-refractivity contribution < 1.29 is 44.0 Å². The van der Waals surface area contributed by atoms with Crippen LogP contribution in [0.4, 0.5) is 0 Å². The van der Waals surface area contributed by atoms with Crippen LogP contribution in [0.3, 0.4) is 0 Å². The first-order chi connectivity index (χ1) is 7.84. The molecular formula is C15H14Cl2Ti.